The molecule has 170 valence electrons. The molecule has 0 aliphatic heterocycles. The van der Waals surface area contributed by atoms with Crippen LogP contribution in [0.15, 0.2) is 64.9 Å². The highest BCUT2D eigenvalue weighted by Gasteiger charge is 2.53. The molecule has 0 saturated heterocycles. The van der Waals surface area contributed by atoms with Gasteiger partial charge in [-0.05, 0) is 47.4 Å². The molecule has 0 unspecified atom stereocenters. The Kier molecular flexibility index (Phi) is 7.26. The molecule has 10 heteroatoms. The van der Waals surface area contributed by atoms with Crippen molar-refractivity contribution in [2.75, 3.05) is 0 Å². The summed E-state index contributed by atoms with van der Waals surface area (Å²) >= 11 is 7.25. The summed E-state index contributed by atoms with van der Waals surface area (Å²) in [6, 6.07) is 18.6. The van der Waals surface area contributed by atoms with Crippen molar-refractivity contribution < 1.29 is 28.5 Å². The van der Waals surface area contributed by atoms with Gasteiger partial charge < -0.3 is 15.3 Å². The fraction of sp³-hybridized carbons (Fsp3) is 0.227. The van der Waals surface area contributed by atoms with Gasteiger partial charge in [-0.1, -0.05) is 54.9 Å². The number of carboxylic acid groups (broad SMARTS) is 2. The molecule has 32 heavy (non-hydrogen) atoms. The van der Waals surface area contributed by atoms with Crippen LogP contribution < -0.4 is 4.72 Å². The van der Waals surface area contributed by atoms with Crippen LogP contribution in [0.3, 0.4) is 0 Å². The fourth-order valence-corrected chi connectivity index (χ4v) is 6.23. The molecule has 3 aromatic rings. The van der Waals surface area contributed by atoms with E-state index in [4.69, 9.17) is 26.6 Å². The summed E-state index contributed by atoms with van der Waals surface area (Å²) in [5.41, 5.74) is 2.43. The molecule has 0 spiro atoms. The van der Waals surface area contributed by atoms with Gasteiger partial charge in [0.05, 0.1) is 6.61 Å². The van der Waals surface area contributed by atoms with Gasteiger partial charge in [0, 0.05) is 21.4 Å². The highest BCUT2D eigenvalue weighted by molar-refractivity contribution is 7.91. The quantitative estimate of drug-likeness (QED) is 0.389. The summed E-state index contributed by atoms with van der Waals surface area (Å²) in [5.74, 6) is 0. The molecule has 0 bridgehead atoms. The lowest BCUT2D eigenvalue weighted by molar-refractivity contribution is 0.137. The lowest BCUT2D eigenvalue weighted by Crippen LogP contribution is -2.29. The normalized spacial score (nSPS) is 19.7. The molecule has 2 aromatic carbocycles. The van der Waals surface area contributed by atoms with Crippen LogP contribution >= 0.6 is 22.9 Å². The number of halogens is 1. The van der Waals surface area contributed by atoms with E-state index in [2.05, 4.69) is 11.6 Å². The highest BCUT2D eigenvalue weighted by Crippen LogP contribution is 2.48. The second kappa shape index (κ2) is 9.60. The van der Waals surface area contributed by atoms with Crippen molar-refractivity contribution in [1.29, 1.82) is 0 Å². The maximum Gasteiger partial charge on any atom is 0.503 e. The van der Waals surface area contributed by atoms with E-state index in [0.29, 0.717) is 10.6 Å². The van der Waals surface area contributed by atoms with Gasteiger partial charge in [-0.3, -0.25) is 0 Å². The van der Waals surface area contributed by atoms with Crippen LogP contribution in [-0.4, -0.2) is 35.9 Å². The van der Waals surface area contributed by atoms with Gasteiger partial charge in [0.1, 0.15) is 4.21 Å². The van der Waals surface area contributed by atoms with Gasteiger partial charge >= 0.3 is 6.16 Å². The number of aliphatic hydroxyl groups is 1. The minimum Gasteiger partial charge on any atom is -0.450 e. The van der Waals surface area contributed by atoms with E-state index in [1.165, 1.54) is 11.3 Å². The first kappa shape index (κ1) is 24.2. The number of hydrogen-bond acceptors (Lipinski definition) is 5. The molecular formula is C22H22ClNO6S2. The zero-order valence-corrected chi connectivity index (χ0v) is 19.4. The summed E-state index contributed by atoms with van der Waals surface area (Å²) in [6.07, 6.45) is -1.05. The van der Waals surface area contributed by atoms with Gasteiger partial charge in [-0.25, -0.2) is 17.9 Å². The van der Waals surface area contributed by atoms with Crippen LogP contribution in [0, 0.1) is 0 Å². The van der Waals surface area contributed by atoms with E-state index in [1.807, 2.05) is 36.4 Å². The van der Waals surface area contributed by atoms with Crippen molar-refractivity contribution in [3.8, 4) is 10.4 Å². The minimum atomic E-state index is -3.59. The molecule has 0 amide bonds. The van der Waals surface area contributed by atoms with E-state index in [9.17, 15) is 13.5 Å². The first-order valence-corrected chi connectivity index (χ1v) is 12.2. The van der Waals surface area contributed by atoms with Crippen LogP contribution in [0.5, 0.6) is 0 Å². The first-order chi connectivity index (χ1) is 15.1. The summed E-state index contributed by atoms with van der Waals surface area (Å²) in [7, 11) is -3.59. The Balaban J connectivity index is 0.000000668. The number of rotatable bonds is 6. The van der Waals surface area contributed by atoms with Crippen molar-refractivity contribution >= 4 is 39.1 Å². The number of hydrogen-bond donors (Lipinski definition) is 4. The Hall–Kier alpha value is -2.43. The van der Waals surface area contributed by atoms with Gasteiger partial charge in [0.2, 0.25) is 10.0 Å². The fourth-order valence-electron chi connectivity index (χ4n) is 3.39. The number of sulfonamides is 1. The molecule has 2 atom stereocenters. The highest BCUT2D eigenvalue weighted by atomic mass is 35.5. The second-order valence-corrected chi connectivity index (χ2v) is 11.0. The standard InChI is InChI=1S/C21H20ClNO3S2.CH2O3/c1-21(16-5-3-2-4-6-16)12-19(21)23-28(25,26)20-10-9-18(27-20)14-7-8-17(22)15(11-14)13-24;2-1(3)4/h2-11,19,23-24H,12-13H2,1H3;(H2,2,3,4)/t19-,21+;/m0./s1. The third-order valence-electron chi connectivity index (χ3n) is 5.31. The van der Waals surface area contributed by atoms with Gasteiger partial charge in [0.25, 0.3) is 0 Å². The Labute approximate surface area is 195 Å². The van der Waals surface area contributed by atoms with E-state index in [0.717, 1.165) is 22.4 Å². The Bertz CT molecular complexity index is 1210. The zero-order valence-electron chi connectivity index (χ0n) is 17.0. The molecule has 4 rings (SSSR count). The average molecular weight is 496 g/mol. The molecule has 1 fully saturated rings. The van der Waals surface area contributed by atoms with E-state index in [1.54, 1.807) is 24.3 Å². The van der Waals surface area contributed by atoms with E-state index < -0.39 is 16.2 Å². The smallest absolute Gasteiger partial charge is 0.450 e. The monoisotopic (exact) mass is 495 g/mol. The van der Waals surface area contributed by atoms with Crippen LogP contribution in [-0.2, 0) is 22.0 Å². The van der Waals surface area contributed by atoms with Crippen LogP contribution in [0.4, 0.5) is 4.79 Å². The SMILES string of the molecule is C[C@]1(c2ccccc2)C[C@@H]1NS(=O)(=O)c1ccc(-c2ccc(Cl)c(CO)c2)s1.O=C(O)O. The maximum absolute atomic E-state index is 12.9. The third kappa shape index (κ3) is 5.48. The van der Waals surface area contributed by atoms with Crippen molar-refractivity contribution in [3.05, 3.63) is 76.8 Å². The van der Waals surface area contributed by atoms with Gasteiger partial charge in [-0.2, -0.15) is 0 Å². The van der Waals surface area contributed by atoms with Crippen LogP contribution in [0.1, 0.15) is 24.5 Å². The Morgan fingerprint density at radius 1 is 1.16 bits per heavy atom. The predicted molar refractivity (Wildman–Crippen MR) is 124 cm³/mol. The predicted octanol–water partition coefficient (Wildman–Crippen LogP) is 4.79. The molecule has 4 N–H and O–H groups in total. The number of nitrogens with one attached hydrogen (secondary N) is 1. The molecule has 1 heterocycles. The van der Waals surface area contributed by atoms with E-state index in [-0.39, 0.29) is 22.3 Å². The number of benzene rings is 2. The average Bonchev–Trinajstić information content (AvgIpc) is 3.15. The summed E-state index contributed by atoms with van der Waals surface area (Å²) in [4.78, 5) is 9.37. The zero-order chi connectivity index (χ0) is 23.5. The summed E-state index contributed by atoms with van der Waals surface area (Å²) in [5, 5.41) is 23.8. The third-order valence-corrected chi connectivity index (χ3v) is 8.78. The van der Waals surface area contributed by atoms with Crippen molar-refractivity contribution in [3.63, 3.8) is 0 Å². The largest absolute Gasteiger partial charge is 0.503 e. The Morgan fingerprint density at radius 3 is 2.44 bits per heavy atom. The number of thiophene rings is 1. The summed E-state index contributed by atoms with van der Waals surface area (Å²) in [6.45, 7) is 1.92. The lowest BCUT2D eigenvalue weighted by atomic mass is 9.98. The van der Waals surface area contributed by atoms with Crippen LogP contribution in [0.25, 0.3) is 10.4 Å². The summed E-state index contributed by atoms with van der Waals surface area (Å²) < 4.78 is 28.9. The molecule has 1 aromatic heterocycles. The van der Waals surface area contributed by atoms with Crippen molar-refractivity contribution in [2.24, 2.45) is 0 Å². The van der Waals surface area contributed by atoms with E-state index >= 15 is 0 Å². The molecule has 7 nitrogen and oxygen atoms in total. The molecule has 0 radical (unpaired) electrons. The maximum atomic E-state index is 12.9. The van der Waals surface area contributed by atoms with Gasteiger partial charge in [0.15, 0.2) is 0 Å². The molecule has 1 aliphatic carbocycles. The van der Waals surface area contributed by atoms with Crippen molar-refractivity contribution in [2.45, 2.75) is 35.6 Å². The number of aliphatic hydroxyl groups excluding tert-OH is 1. The van der Waals surface area contributed by atoms with Crippen molar-refractivity contribution in [1.82, 2.24) is 4.72 Å². The van der Waals surface area contributed by atoms with Crippen LogP contribution in [0.2, 0.25) is 5.02 Å². The molecule has 1 aliphatic rings. The minimum absolute atomic E-state index is 0.109. The lowest BCUT2D eigenvalue weighted by Gasteiger charge is -2.12. The number of carbonyl (C=O) groups is 1. The molecular weight excluding hydrogens is 474 g/mol. The molecule has 1 saturated carbocycles. The first-order valence-electron chi connectivity index (χ1n) is 9.56. The Morgan fingerprint density at radius 2 is 1.81 bits per heavy atom. The second-order valence-electron chi connectivity index (χ2n) is 7.53. The van der Waals surface area contributed by atoms with Gasteiger partial charge in [-0.15, -0.1) is 11.3 Å². The topological polar surface area (TPSA) is 124 Å².